The summed E-state index contributed by atoms with van der Waals surface area (Å²) in [7, 11) is -3.69. The number of benzene rings is 1. The molecule has 0 saturated heterocycles. The van der Waals surface area contributed by atoms with Crippen LogP contribution in [-0.4, -0.2) is 12.7 Å². The van der Waals surface area contributed by atoms with Gasteiger partial charge in [-0.15, -0.1) is 0 Å². The maximum absolute atomic E-state index is 13.2. The Morgan fingerprint density at radius 3 is 2.00 bits per heavy atom. The molecule has 3 aromatic rings. The molecule has 3 rings (SSSR count). The summed E-state index contributed by atoms with van der Waals surface area (Å²) < 4.78 is 38.4. The lowest BCUT2D eigenvalue weighted by molar-refractivity contribution is 0.330. The molecule has 1 aromatic carbocycles. The van der Waals surface area contributed by atoms with Crippen molar-refractivity contribution in [1.82, 2.24) is 4.31 Å². The molecule has 0 amide bonds. The van der Waals surface area contributed by atoms with E-state index in [-0.39, 0.29) is 13.1 Å². The van der Waals surface area contributed by atoms with Gasteiger partial charge in [-0.2, -0.15) is 4.31 Å². The van der Waals surface area contributed by atoms with Crippen molar-refractivity contribution in [2.24, 2.45) is 0 Å². The van der Waals surface area contributed by atoms with Crippen LogP contribution in [0, 0.1) is 13.8 Å². The molecular formula is C18H19NO4S. The summed E-state index contributed by atoms with van der Waals surface area (Å²) in [5.74, 6) is 1.16. The Bertz CT molecular complexity index is 860. The van der Waals surface area contributed by atoms with Crippen molar-refractivity contribution in [3.63, 3.8) is 0 Å². The number of hydrogen-bond acceptors (Lipinski definition) is 4. The van der Waals surface area contributed by atoms with Gasteiger partial charge >= 0.3 is 0 Å². The molecular weight excluding hydrogens is 326 g/mol. The zero-order valence-electron chi connectivity index (χ0n) is 13.6. The van der Waals surface area contributed by atoms with Crippen LogP contribution >= 0.6 is 0 Å². The van der Waals surface area contributed by atoms with Crippen LogP contribution in [-0.2, 0) is 23.1 Å². The van der Waals surface area contributed by atoms with E-state index in [4.69, 9.17) is 8.83 Å². The maximum atomic E-state index is 13.2. The molecule has 0 saturated carbocycles. The van der Waals surface area contributed by atoms with Crippen LogP contribution in [0.3, 0.4) is 0 Å². The fourth-order valence-corrected chi connectivity index (χ4v) is 4.19. The monoisotopic (exact) mass is 345 g/mol. The van der Waals surface area contributed by atoms with Crippen LogP contribution in [0.1, 0.15) is 22.6 Å². The third-order valence-electron chi connectivity index (χ3n) is 3.79. The molecule has 0 unspecified atom stereocenters. The first-order valence-electron chi connectivity index (χ1n) is 7.59. The topological polar surface area (TPSA) is 63.7 Å². The summed E-state index contributed by atoms with van der Waals surface area (Å²) in [6, 6.07) is 12.4. The number of nitrogens with zero attached hydrogens (tertiary/aromatic N) is 1. The van der Waals surface area contributed by atoms with Crippen LogP contribution in [0.25, 0.3) is 0 Å². The first kappa shape index (κ1) is 16.5. The molecule has 0 N–H and O–H groups in total. The zero-order valence-corrected chi connectivity index (χ0v) is 14.4. The molecule has 24 heavy (non-hydrogen) atoms. The first-order chi connectivity index (χ1) is 11.5. The van der Waals surface area contributed by atoms with E-state index in [1.165, 1.54) is 16.8 Å². The SMILES string of the molecule is Cc1ccc(C)c(S(=O)(=O)N(Cc2ccco2)Cc2ccco2)c1. The lowest BCUT2D eigenvalue weighted by Crippen LogP contribution is -2.30. The minimum Gasteiger partial charge on any atom is -0.468 e. The maximum Gasteiger partial charge on any atom is 0.244 e. The van der Waals surface area contributed by atoms with Crippen molar-refractivity contribution in [2.75, 3.05) is 0 Å². The van der Waals surface area contributed by atoms with E-state index in [9.17, 15) is 8.42 Å². The predicted octanol–water partition coefficient (Wildman–Crippen LogP) is 3.88. The fourth-order valence-electron chi connectivity index (χ4n) is 2.50. The molecule has 0 radical (unpaired) electrons. The molecule has 0 bridgehead atoms. The minimum atomic E-state index is -3.69. The van der Waals surface area contributed by atoms with Gasteiger partial charge in [-0.25, -0.2) is 8.42 Å². The van der Waals surface area contributed by atoms with Crippen molar-refractivity contribution in [1.29, 1.82) is 0 Å². The standard InChI is InChI=1S/C18H19NO4S/c1-14-7-8-15(2)18(11-14)24(20,21)19(12-16-5-3-9-22-16)13-17-6-4-10-23-17/h3-11H,12-13H2,1-2H3. The Kier molecular flexibility index (Phi) is 4.59. The third kappa shape index (κ3) is 3.44. The second-order valence-electron chi connectivity index (χ2n) is 5.70. The highest BCUT2D eigenvalue weighted by Crippen LogP contribution is 2.25. The predicted molar refractivity (Wildman–Crippen MR) is 89.8 cm³/mol. The number of hydrogen-bond donors (Lipinski definition) is 0. The molecule has 2 aromatic heterocycles. The first-order valence-corrected chi connectivity index (χ1v) is 9.03. The van der Waals surface area contributed by atoms with E-state index in [0.29, 0.717) is 22.0 Å². The molecule has 0 spiro atoms. The average molecular weight is 345 g/mol. The second kappa shape index (κ2) is 6.67. The molecule has 0 fully saturated rings. The van der Waals surface area contributed by atoms with E-state index in [0.717, 1.165) is 5.56 Å². The van der Waals surface area contributed by atoms with Gasteiger partial charge in [0.05, 0.1) is 30.5 Å². The van der Waals surface area contributed by atoms with Crippen LogP contribution in [0.15, 0.2) is 68.7 Å². The van der Waals surface area contributed by atoms with Gasteiger partial charge in [0.2, 0.25) is 10.0 Å². The summed E-state index contributed by atoms with van der Waals surface area (Å²) in [6.45, 7) is 3.96. The quantitative estimate of drug-likeness (QED) is 0.680. The molecule has 5 nitrogen and oxygen atoms in total. The van der Waals surface area contributed by atoms with Gasteiger partial charge in [-0.1, -0.05) is 12.1 Å². The van der Waals surface area contributed by atoms with Gasteiger partial charge in [-0.05, 0) is 55.3 Å². The fraction of sp³-hybridized carbons (Fsp3) is 0.222. The van der Waals surface area contributed by atoms with Crippen molar-refractivity contribution < 1.29 is 17.3 Å². The van der Waals surface area contributed by atoms with E-state index in [1.807, 2.05) is 19.1 Å². The van der Waals surface area contributed by atoms with Crippen molar-refractivity contribution in [3.8, 4) is 0 Å². The zero-order chi connectivity index (χ0) is 17.2. The van der Waals surface area contributed by atoms with Gasteiger partial charge in [0, 0.05) is 0 Å². The van der Waals surface area contributed by atoms with E-state index in [1.54, 1.807) is 37.3 Å². The molecule has 0 aliphatic rings. The second-order valence-corrected chi connectivity index (χ2v) is 7.61. The average Bonchev–Trinajstić information content (AvgIpc) is 3.22. The van der Waals surface area contributed by atoms with Crippen LogP contribution in [0.5, 0.6) is 0 Å². The van der Waals surface area contributed by atoms with Gasteiger partial charge in [0.15, 0.2) is 0 Å². The number of aryl methyl sites for hydroxylation is 2. The van der Waals surface area contributed by atoms with Crippen LogP contribution in [0.2, 0.25) is 0 Å². The van der Waals surface area contributed by atoms with Crippen molar-refractivity contribution in [3.05, 3.63) is 77.6 Å². The normalized spacial score (nSPS) is 12.0. The highest BCUT2D eigenvalue weighted by molar-refractivity contribution is 7.89. The Hall–Kier alpha value is -2.31. The van der Waals surface area contributed by atoms with E-state index in [2.05, 4.69) is 0 Å². The molecule has 2 heterocycles. The summed E-state index contributed by atoms with van der Waals surface area (Å²) in [4.78, 5) is 0.306. The third-order valence-corrected chi connectivity index (χ3v) is 5.72. The Morgan fingerprint density at radius 2 is 1.50 bits per heavy atom. The van der Waals surface area contributed by atoms with E-state index >= 15 is 0 Å². The Labute approximate surface area is 141 Å². The van der Waals surface area contributed by atoms with Crippen molar-refractivity contribution >= 4 is 10.0 Å². The number of sulfonamides is 1. The Balaban J connectivity index is 2.00. The van der Waals surface area contributed by atoms with Crippen molar-refractivity contribution in [2.45, 2.75) is 31.8 Å². The summed E-state index contributed by atoms with van der Waals surface area (Å²) in [5, 5.41) is 0. The van der Waals surface area contributed by atoms with Gasteiger partial charge in [-0.3, -0.25) is 0 Å². The van der Waals surface area contributed by atoms with Gasteiger partial charge < -0.3 is 8.83 Å². The molecule has 0 aliphatic carbocycles. The highest BCUT2D eigenvalue weighted by Gasteiger charge is 2.28. The Morgan fingerprint density at radius 1 is 0.917 bits per heavy atom. The van der Waals surface area contributed by atoms with Crippen LogP contribution < -0.4 is 0 Å². The largest absolute Gasteiger partial charge is 0.468 e. The van der Waals surface area contributed by atoms with Gasteiger partial charge in [0.25, 0.3) is 0 Å². The van der Waals surface area contributed by atoms with Gasteiger partial charge in [0.1, 0.15) is 11.5 Å². The number of rotatable bonds is 6. The lowest BCUT2D eigenvalue weighted by atomic mass is 10.2. The summed E-state index contributed by atoms with van der Waals surface area (Å²) >= 11 is 0. The molecule has 126 valence electrons. The van der Waals surface area contributed by atoms with Crippen LogP contribution in [0.4, 0.5) is 0 Å². The molecule has 0 atom stereocenters. The molecule has 6 heteroatoms. The summed E-state index contributed by atoms with van der Waals surface area (Å²) in [6.07, 6.45) is 3.07. The molecule has 0 aliphatic heterocycles. The lowest BCUT2D eigenvalue weighted by Gasteiger charge is -2.21. The summed E-state index contributed by atoms with van der Waals surface area (Å²) in [5.41, 5.74) is 1.61. The number of furan rings is 2. The smallest absolute Gasteiger partial charge is 0.244 e. The minimum absolute atomic E-state index is 0.142. The highest BCUT2D eigenvalue weighted by atomic mass is 32.2. The van der Waals surface area contributed by atoms with E-state index < -0.39 is 10.0 Å².